The first-order valence-electron chi connectivity index (χ1n) is 8.44. The van der Waals surface area contributed by atoms with Crippen LogP contribution >= 0.6 is 0 Å². The number of nitrogens with zero attached hydrogens (tertiary/aromatic N) is 2. The van der Waals surface area contributed by atoms with Crippen molar-refractivity contribution in [2.75, 3.05) is 6.61 Å². The highest BCUT2D eigenvalue weighted by molar-refractivity contribution is 5.78. The predicted octanol–water partition coefficient (Wildman–Crippen LogP) is 2.61. The molecule has 2 fully saturated rings. The van der Waals surface area contributed by atoms with Gasteiger partial charge in [0.2, 0.25) is 5.88 Å². The van der Waals surface area contributed by atoms with Crippen molar-refractivity contribution in [1.82, 2.24) is 10.3 Å². The average molecular weight is 302 g/mol. The molecule has 0 unspecified atom stereocenters. The van der Waals surface area contributed by atoms with Crippen LogP contribution in [0.5, 0.6) is 5.88 Å². The van der Waals surface area contributed by atoms with Gasteiger partial charge in [-0.3, -0.25) is 0 Å². The highest BCUT2D eigenvalue weighted by Gasteiger charge is 2.22. The average Bonchev–Trinajstić information content (AvgIpc) is 3.37. The first-order valence-corrected chi connectivity index (χ1v) is 8.44. The first-order chi connectivity index (χ1) is 10.8. The number of nitrogens with two attached hydrogens (primary N) is 1. The Kier molecular flexibility index (Phi) is 5.14. The molecule has 120 valence electrons. The van der Waals surface area contributed by atoms with Crippen molar-refractivity contribution < 1.29 is 4.74 Å². The molecule has 5 heteroatoms. The van der Waals surface area contributed by atoms with E-state index in [-0.39, 0.29) is 0 Å². The molecular weight excluding hydrogens is 276 g/mol. The van der Waals surface area contributed by atoms with Gasteiger partial charge in [-0.05, 0) is 43.2 Å². The van der Waals surface area contributed by atoms with Crippen molar-refractivity contribution >= 4 is 5.96 Å². The lowest BCUT2D eigenvalue weighted by Gasteiger charge is -2.23. The second kappa shape index (κ2) is 7.47. The van der Waals surface area contributed by atoms with Crippen LogP contribution in [0.2, 0.25) is 0 Å². The third-order valence-corrected chi connectivity index (χ3v) is 4.35. The van der Waals surface area contributed by atoms with Crippen molar-refractivity contribution in [3.05, 3.63) is 23.9 Å². The normalized spacial score (nSPS) is 19.9. The van der Waals surface area contributed by atoms with Crippen molar-refractivity contribution in [3.8, 4) is 5.88 Å². The maximum Gasteiger partial charge on any atom is 0.213 e. The second-order valence-corrected chi connectivity index (χ2v) is 6.44. The number of nitrogens with one attached hydrogen (secondary N) is 1. The molecule has 5 nitrogen and oxygen atoms in total. The van der Waals surface area contributed by atoms with E-state index in [4.69, 9.17) is 10.5 Å². The van der Waals surface area contributed by atoms with Gasteiger partial charge >= 0.3 is 0 Å². The van der Waals surface area contributed by atoms with Gasteiger partial charge in [-0.25, -0.2) is 9.98 Å². The van der Waals surface area contributed by atoms with Crippen LogP contribution in [0, 0.1) is 5.92 Å². The van der Waals surface area contributed by atoms with Gasteiger partial charge in [0, 0.05) is 18.3 Å². The van der Waals surface area contributed by atoms with Crippen LogP contribution in [-0.2, 0) is 6.54 Å². The van der Waals surface area contributed by atoms with Crippen LogP contribution in [0.15, 0.2) is 23.3 Å². The summed E-state index contributed by atoms with van der Waals surface area (Å²) in [4.78, 5) is 8.68. The van der Waals surface area contributed by atoms with Crippen LogP contribution in [-0.4, -0.2) is 23.6 Å². The summed E-state index contributed by atoms with van der Waals surface area (Å²) < 4.78 is 5.69. The molecule has 1 aromatic rings. The van der Waals surface area contributed by atoms with Crippen LogP contribution in [0.1, 0.15) is 50.5 Å². The van der Waals surface area contributed by atoms with Crippen molar-refractivity contribution in [2.24, 2.45) is 16.6 Å². The molecule has 1 aromatic heterocycles. The maximum absolute atomic E-state index is 5.99. The van der Waals surface area contributed by atoms with E-state index in [1.54, 1.807) is 6.20 Å². The molecule has 2 aliphatic rings. The molecule has 0 radical (unpaired) electrons. The Balaban J connectivity index is 1.48. The Morgan fingerprint density at radius 3 is 2.86 bits per heavy atom. The van der Waals surface area contributed by atoms with E-state index in [9.17, 15) is 0 Å². The molecule has 2 saturated carbocycles. The van der Waals surface area contributed by atoms with E-state index < -0.39 is 0 Å². The molecule has 22 heavy (non-hydrogen) atoms. The lowest BCUT2D eigenvalue weighted by Crippen LogP contribution is -2.41. The molecule has 0 saturated heterocycles. The van der Waals surface area contributed by atoms with E-state index in [2.05, 4.69) is 15.3 Å². The van der Waals surface area contributed by atoms with Gasteiger partial charge in [-0.1, -0.05) is 19.3 Å². The van der Waals surface area contributed by atoms with Crippen LogP contribution in [0.4, 0.5) is 0 Å². The Morgan fingerprint density at radius 1 is 1.27 bits per heavy atom. The topological polar surface area (TPSA) is 72.5 Å². The largest absolute Gasteiger partial charge is 0.477 e. The lowest BCUT2D eigenvalue weighted by atomic mass is 9.96. The molecule has 0 aromatic carbocycles. The number of ether oxygens (including phenoxy) is 1. The van der Waals surface area contributed by atoms with E-state index in [0.717, 1.165) is 18.1 Å². The fourth-order valence-electron chi connectivity index (χ4n) is 2.79. The molecule has 0 amide bonds. The Hall–Kier alpha value is -1.78. The third kappa shape index (κ3) is 4.90. The number of guanidine groups is 1. The summed E-state index contributed by atoms with van der Waals surface area (Å²) in [6.07, 6.45) is 10.7. The van der Waals surface area contributed by atoms with Crippen LogP contribution in [0.25, 0.3) is 0 Å². The number of hydrogen-bond acceptors (Lipinski definition) is 3. The zero-order valence-electron chi connectivity index (χ0n) is 13.1. The highest BCUT2D eigenvalue weighted by Crippen LogP contribution is 2.29. The first kappa shape index (κ1) is 15.1. The number of rotatable bonds is 6. The number of aliphatic imine (C=N–C) groups is 1. The molecule has 2 aliphatic carbocycles. The minimum Gasteiger partial charge on any atom is -0.477 e. The van der Waals surface area contributed by atoms with E-state index in [1.807, 2.05) is 12.1 Å². The number of pyridine rings is 1. The second-order valence-electron chi connectivity index (χ2n) is 6.44. The van der Waals surface area contributed by atoms with Gasteiger partial charge in [-0.15, -0.1) is 0 Å². The minimum atomic E-state index is 0.493. The van der Waals surface area contributed by atoms with Gasteiger partial charge in [0.1, 0.15) is 0 Å². The zero-order chi connectivity index (χ0) is 15.2. The summed E-state index contributed by atoms with van der Waals surface area (Å²) in [6.45, 7) is 1.35. The van der Waals surface area contributed by atoms with Crippen LogP contribution in [0.3, 0.4) is 0 Å². The molecular formula is C17H26N4O. The predicted molar refractivity (Wildman–Crippen MR) is 87.8 cm³/mol. The van der Waals surface area contributed by atoms with Gasteiger partial charge in [0.15, 0.2) is 5.96 Å². The summed E-state index contributed by atoms with van der Waals surface area (Å²) in [5.41, 5.74) is 7.07. The van der Waals surface area contributed by atoms with Gasteiger partial charge in [0.05, 0.1) is 13.2 Å². The van der Waals surface area contributed by atoms with E-state index in [0.29, 0.717) is 24.4 Å². The van der Waals surface area contributed by atoms with E-state index in [1.165, 1.54) is 44.9 Å². The third-order valence-electron chi connectivity index (χ3n) is 4.35. The summed E-state index contributed by atoms with van der Waals surface area (Å²) in [6, 6.07) is 4.41. The Bertz CT molecular complexity index is 507. The van der Waals surface area contributed by atoms with E-state index >= 15 is 0 Å². The van der Waals surface area contributed by atoms with Crippen molar-refractivity contribution in [2.45, 2.75) is 57.5 Å². The molecule has 0 aliphatic heterocycles. The van der Waals surface area contributed by atoms with Gasteiger partial charge < -0.3 is 15.8 Å². The highest BCUT2D eigenvalue weighted by atomic mass is 16.5. The lowest BCUT2D eigenvalue weighted by molar-refractivity contribution is 0.288. The smallest absolute Gasteiger partial charge is 0.213 e. The summed E-state index contributed by atoms with van der Waals surface area (Å²) >= 11 is 0. The van der Waals surface area contributed by atoms with Gasteiger partial charge in [0.25, 0.3) is 0 Å². The van der Waals surface area contributed by atoms with Crippen molar-refractivity contribution in [1.29, 1.82) is 0 Å². The molecule has 0 atom stereocenters. The maximum atomic E-state index is 5.99. The molecule has 0 spiro atoms. The fourth-order valence-corrected chi connectivity index (χ4v) is 2.79. The quantitative estimate of drug-likeness (QED) is 0.626. The van der Waals surface area contributed by atoms with Crippen molar-refractivity contribution in [3.63, 3.8) is 0 Å². The van der Waals surface area contributed by atoms with Gasteiger partial charge in [-0.2, -0.15) is 0 Å². The van der Waals surface area contributed by atoms with Crippen LogP contribution < -0.4 is 15.8 Å². The summed E-state index contributed by atoms with van der Waals surface area (Å²) in [5, 5.41) is 3.33. The Labute approximate surface area is 132 Å². The SMILES string of the molecule is NC(=NCc1ccnc(OCC2CC2)c1)NC1CCCCC1. The Morgan fingerprint density at radius 2 is 2.09 bits per heavy atom. The standard InChI is InChI=1S/C17H26N4O/c18-17(21-15-4-2-1-3-5-15)20-11-14-8-9-19-16(10-14)22-12-13-6-7-13/h8-10,13,15H,1-7,11-12H2,(H3,18,20,21). The number of aromatic nitrogens is 1. The fraction of sp³-hybridized carbons (Fsp3) is 0.647. The molecule has 3 N–H and O–H groups in total. The summed E-state index contributed by atoms with van der Waals surface area (Å²) in [7, 11) is 0. The summed E-state index contributed by atoms with van der Waals surface area (Å²) in [5.74, 6) is 1.97. The monoisotopic (exact) mass is 302 g/mol. The molecule has 1 heterocycles. The zero-order valence-corrected chi connectivity index (χ0v) is 13.1. The molecule has 3 rings (SSSR count). The molecule has 0 bridgehead atoms. The number of hydrogen-bond donors (Lipinski definition) is 2. The minimum absolute atomic E-state index is 0.493.